The Hall–Kier alpha value is -1.09. The van der Waals surface area contributed by atoms with Crippen LogP contribution in [0.4, 0.5) is 0 Å². The van der Waals surface area contributed by atoms with E-state index in [9.17, 15) is 0 Å². The van der Waals surface area contributed by atoms with Gasteiger partial charge in [-0.1, -0.05) is 16.8 Å². The van der Waals surface area contributed by atoms with Gasteiger partial charge in [-0.3, -0.25) is 0 Å². The SMILES string of the molecule is Clc1nccc2oncc12. The predicted molar refractivity (Wildman–Crippen MR) is 36.8 cm³/mol. The Morgan fingerprint density at radius 2 is 2.40 bits per heavy atom. The van der Waals surface area contributed by atoms with Gasteiger partial charge in [-0.15, -0.1) is 0 Å². The molecule has 0 fully saturated rings. The van der Waals surface area contributed by atoms with Gasteiger partial charge < -0.3 is 4.52 Å². The van der Waals surface area contributed by atoms with Crippen LogP contribution in [0, 0.1) is 0 Å². The quantitative estimate of drug-likeness (QED) is 0.544. The van der Waals surface area contributed by atoms with E-state index in [0.717, 1.165) is 5.39 Å². The molecule has 0 aliphatic rings. The zero-order valence-corrected chi connectivity index (χ0v) is 5.67. The maximum Gasteiger partial charge on any atom is 0.171 e. The molecule has 0 saturated heterocycles. The van der Waals surface area contributed by atoms with E-state index in [1.54, 1.807) is 18.5 Å². The van der Waals surface area contributed by atoms with Crippen LogP contribution in [-0.4, -0.2) is 10.1 Å². The van der Waals surface area contributed by atoms with E-state index in [0.29, 0.717) is 10.7 Å². The number of pyridine rings is 1. The first-order valence-corrected chi connectivity index (χ1v) is 3.10. The molecular weight excluding hydrogens is 152 g/mol. The second kappa shape index (κ2) is 1.95. The lowest BCUT2D eigenvalue weighted by atomic mass is 10.4. The summed E-state index contributed by atoms with van der Waals surface area (Å²) in [5, 5.41) is 4.75. The molecule has 0 bridgehead atoms. The van der Waals surface area contributed by atoms with Crippen molar-refractivity contribution in [3.05, 3.63) is 23.6 Å². The minimum atomic E-state index is 0.429. The second-order valence-corrected chi connectivity index (χ2v) is 2.20. The smallest absolute Gasteiger partial charge is 0.171 e. The Balaban J connectivity index is 2.95. The summed E-state index contributed by atoms with van der Waals surface area (Å²) in [5.41, 5.74) is 0.667. The van der Waals surface area contributed by atoms with Crippen LogP contribution < -0.4 is 0 Å². The molecule has 2 aromatic heterocycles. The van der Waals surface area contributed by atoms with Gasteiger partial charge >= 0.3 is 0 Å². The molecule has 0 atom stereocenters. The van der Waals surface area contributed by atoms with Gasteiger partial charge in [-0.25, -0.2) is 4.98 Å². The highest BCUT2D eigenvalue weighted by molar-refractivity contribution is 6.33. The molecule has 4 heteroatoms. The van der Waals surface area contributed by atoms with E-state index < -0.39 is 0 Å². The largest absolute Gasteiger partial charge is 0.356 e. The highest BCUT2D eigenvalue weighted by Crippen LogP contribution is 2.19. The van der Waals surface area contributed by atoms with E-state index in [4.69, 9.17) is 16.1 Å². The summed E-state index contributed by atoms with van der Waals surface area (Å²) >= 11 is 5.69. The van der Waals surface area contributed by atoms with Crippen LogP contribution in [0.5, 0.6) is 0 Å². The van der Waals surface area contributed by atoms with Crippen molar-refractivity contribution in [2.45, 2.75) is 0 Å². The van der Waals surface area contributed by atoms with Gasteiger partial charge in [0.25, 0.3) is 0 Å². The first-order chi connectivity index (χ1) is 4.88. The van der Waals surface area contributed by atoms with Crippen molar-refractivity contribution in [3.63, 3.8) is 0 Å². The summed E-state index contributed by atoms with van der Waals surface area (Å²) in [5.74, 6) is 0. The molecule has 2 rings (SSSR count). The minimum Gasteiger partial charge on any atom is -0.356 e. The molecular formula is C6H3ClN2O. The molecule has 0 radical (unpaired) electrons. The summed E-state index contributed by atoms with van der Waals surface area (Å²) in [6.45, 7) is 0. The molecule has 0 amide bonds. The van der Waals surface area contributed by atoms with E-state index in [-0.39, 0.29) is 0 Å². The Kier molecular flexibility index (Phi) is 1.11. The maximum atomic E-state index is 5.69. The van der Waals surface area contributed by atoms with Crippen molar-refractivity contribution in [3.8, 4) is 0 Å². The van der Waals surface area contributed by atoms with Crippen molar-refractivity contribution < 1.29 is 4.52 Å². The third kappa shape index (κ3) is 0.675. The molecule has 0 aliphatic heterocycles. The lowest BCUT2D eigenvalue weighted by molar-refractivity contribution is 0.456. The summed E-state index contributed by atoms with van der Waals surface area (Å²) in [6, 6.07) is 1.72. The summed E-state index contributed by atoms with van der Waals surface area (Å²) < 4.78 is 4.82. The van der Waals surface area contributed by atoms with Crippen LogP contribution in [0.2, 0.25) is 5.15 Å². The lowest BCUT2D eigenvalue weighted by Gasteiger charge is -1.85. The molecule has 10 heavy (non-hydrogen) atoms. The molecule has 0 spiro atoms. The highest BCUT2D eigenvalue weighted by Gasteiger charge is 2.01. The van der Waals surface area contributed by atoms with Gasteiger partial charge in [0.05, 0.1) is 11.6 Å². The average Bonchev–Trinajstić information content (AvgIpc) is 2.36. The predicted octanol–water partition coefficient (Wildman–Crippen LogP) is 1.88. The van der Waals surface area contributed by atoms with Crippen LogP contribution in [0.25, 0.3) is 11.0 Å². The fraction of sp³-hybridized carbons (Fsp3) is 0. The first-order valence-electron chi connectivity index (χ1n) is 2.73. The summed E-state index contributed by atoms with van der Waals surface area (Å²) in [7, 11) is 0. The monoisotopic (exact) mass is 154 g/mol. The van der Waals surface area contributed by atoms with Gasteiger partial charge in [0.15, 0.2) is 5.58 Å². The number of rotatable bonds is 0. The lowest BCUT2D eigenvalue weighted by Crippen LogP contribution is -1.71. The maximum absolute atomic E-state index is 5.69. The Bertz CT molecular complexity index is 357. The Morgan fingerprint density at radius 1 is 1.50 bits per heavy atom. The van der Waals surface area contributed by atoms with Crippen molar-refractivity contribution in [1.82, 2.24) is 10.1 Å². The zero-order valence-electron chi connectivity index (χ0n) is 4.91. The van der Waals surface area contributed by atoms with Crippen molar-refractivity contribution in [2.24, 2.45) is 0 Å². The summed E-state index contributed by atoms with van der Waals surface area (Å²) in [6.07, 6.45) is 3.13. The van der Waals surface area contributed by atoms with Crippen LogP contribution in [0.1, 0.15) is 0 Å². The Morgan fingerprint density at radius 3 is 3.20 bits per heavy atom. The zero-order chi connectivity index (χ0) is 6.97. The van der Waals surface area contributed by atoms with E-state index in [2.05, 4.69) is 10.1 Å². The fourth-order valence-corrected chi connectivity index (χ4v) is 0.962. The first kappa shape index (κ1) is 5.68. The van der Waals surface area contributed by atoms with Crippen molar-refractivity contribution >= 4 is 22.6 Å². The number of nitrogens with zero attached hydrogens (tertiary/aromatic N) is 2. The van der Waals surface area contributed by atoms with Crippen molar-refractivity contribution in [1.29, 1.82) is 0 Å². The summed E-state index contributed by atoms with van der Waals surface area (Å²) in [4.78, 5) is 3.84. The van der Waals surface area contributed by atoms with Gasteiger partial charge in [-0.05, 0) is 0 Å². The topological polar surface area (TPSA) is 38.9 Å². The number of hydrogen-bond acceptors (Lipinski definition) is 3. The van der Waals surface area contributed by atoms with Crippen LogP contribution in [-0.2, 0) is 0 Å². The third-order valence-corrected chi connectivity index (χ3v) is 1.54. The van der Waals surface area contributed by atoms with E-state index in [1.807, 2.05) is 0 Å². The minimum absolute atomic E-state index is 0.429. The number of hydrogen-bond donors (Lipinski definition) is 0. The number of halogens is 1. The second-order valence-electron chi connectivity index (χ2n) is 1.84. The number of aromatic nitrogens is 2. The molecule has 3 nitrogen and oxygen atoms in total. The molecule has 0 aliphatic carbocycles. The highest BCUT2D eigenvalue weighted by atomic mass is 35.5. The van der Waals surface area contributed by atoms with Gasteiger partial charge in [0.1, 0.15) is 5.15 Å². The van der Waals surface area contributed by atoms with E-state index >= 15 is 0 Å². The third-order valence-electron chi connectivity index (χ3n) is 1.23. The van der Waals surface area contributed by atoms with Crippen LogP contribution >= 0.6 is 11.6 Å². The molecule has 2 heterocycles. The van der Waals surface area contributed by atoms with E-state index in [1.165, 1.54) is 0 Å². The van der Waals surface area contributed by atoms with Crippen LogP contribution in [0.15, 0.2) is 23.0 Å². The Labute approximate surface area is 61.6 Å². The standard InChI is InChI=1S/C6H3ClN2O/c7-6-4-3-9-10-5(4)1-2-8-6/h1-3H. The van der Waals surface area contributed by atoms with Crippen molar-refractivity contribution in [2.75, 3.05) is 0 Å². The molecule has 0 aromatic carbocycles. The molecule has 0 N–H and O–H groups in total. The van der Waals surface area contributed by atoms with Crippen LogP contribution in [0.3, 0.4) is 0 Å². The molecule has 50 valence electrons. The van der Waals surface area contributed by atoms with Gasteiger partial charge in [0, 0.05) is 12.3 Å². The molecule has 2 aromatic rings. The normalized spacial score (nSPS) is 10.5. The van der Waals surface area contributed by atoms with Gasteiger partial charge in [-0.2, -0.15) is 0 Å². The molecule has 0 saturated carbocycles. The average molecular weight is 155 g/mol. The number of fused-ring (bicyclic) bond motifs is 1. The van der Waals surface area contributed by atoms with Gasteiger partial charge in [0.2, 0.25) is 0 Å². The molecule has 0 unspecified atom stereocenters. The fourth-order valence-electron chi connectivity index (χ4n) is 0.764.